The van der Waals surface area contributed by atoms with E-state index in [1.807, 2.05) is 13.8 Å². The first kappa shape index (κ1) is 12.5. The molecule has 2 rings (SSSR count). The number of rotatable bonds is 5. The Morgan fingerprint density at radius 1 is 1.53 bits per heavy atom. The first-order valence-electron chi connectivity index (χ1n) is 6.12. The molecule has 0 bridgehead atoms. The van der Waals surface area contributed by atoms with Crippen molar-refractivity contribution >= 4 is 0 Å². The highest BCUT2D eigenvalue weighted by atomic mass is 16.5. The Kier molecular flexibility index (Phi) is 4.47. The molecule has 1 fully saturated rings. The van der Waals surface area contributed by atoms with Crippen LogP contribution in [0, 0.1) is 0 Å². The molecule has 1 aliphatic heterocycles. The number of nitrogens with one attached hydrogen (secondary N) is 1. The number of hydrogen-bond donors (Lipinski definition) is 1. The van der Waals surface area contributed by atoms with E-state index in [9.17, 15) is 0 Å². The average Bonchev–Trinajstić information content (AvgIpc) is 2.86. The highest BCUT2D eigenvalue weighted by molar-refractivity contribution is 4.95. The van der Waals surface area contributed by atoms with E-state index in [2.05, 4.69) is 15.5 Å². The molecule has 1 aliphatic rings. The minimum Gasteiger partial charge on any atom is -0.370 e. The molecule has 0 aromatic carbocycles. The third-order valence-corrected chi connectivity index (χ3v) is 2.69. The van der Waals surface area contributed by atoms with E-state index in [4.69, 9.17) is 14.0 Å². The standard InChI is InChI=1S/C11H19N3O3/c1-3-8(15-4-2)10-13-11(17-14-10)9-7-12-5-6-16-9/h8-9,12H,3-7H2,1-2H3. The molecule has 1 N–H and O–H groups in total. The Hall–Kier alpha value is -0.980. The van der Waals surface area contributed by atoms with E-state index in [-0.39, 0.29) is 12.2 Å². The second-order valence-corrected chi connectivity index (χ2v) is 3.91. The van der Waals surface area contributed by atoms with E-state index in [1.54, 1.807) is 0 Å². The third kappa shape index (κ3) is 3.02. The van der Waals surface area contributed by atoms with Crippen LogP contribution in [0.4, 0.5) is 0 Å². The zero-order chi connectivity index (χ0) is 12.1. The van der Waals surface area contributed by atoms with Crippen LogP contribution in [0.15, 0.2) is 4.52 Å². The van der Waals surface area contributed by atoms with Gasteiger partial charge in [0.05, 0.1) is 6.61 Å². The number of ether oxygens (including phenoxy) is 2. The summed E-state index contributed by atoms with van der Waals surface area (Å²) in [5.41, 5.74) is 0. The van der Waals surface area contributed by atoms with Crippen LogP contribution in [-0.4, -0.2) is 36.4 Å². The van der Waals surface area contributed by atoms with Crippen molar-refractivity contribution in [2.24, 2.45) is 0 Å². The predicted molar refractivity (Wildman–Crippen MR) is 60.5 cm³/mol. The van der Waals surface area contributed by atoms with Gasteiger partial charge in [-0.3, -0.25) is 0 Å². The fourth-order valence-corrected chi connectivity index (χ4v) is 1.81. The van der Waals surface area contributed by atoms with Gasteiger partial charge in [-0.25, -0.2) is 0 Å². The molecular weight excluding hydrogens is 222 g/mol. The molecule has 0 aliphatic carbocycles. The molecule has 96 valence electrons. The van der Waals surface area contributed by atoms with Crippen LogP contribution in [0.5, 0.6) is 0 Å². The van der Waals surface area contributed by atoms with Gasteiger partial charge in [-0.2, -0.15) is 4.98 Å². The molecule has 1 aromatic rings. The van der Waals surface area contributed by atoms with Crippen LogP contribution in [0.1, 0.15) is 44.2 Å². The van der Waals surface area contributed by atoms with Crippen LogP contribution < -0.4 is 5.32 Å². The fraction of sp³-hybridized carbons (Fsp3) is 0.818. The summed E-state index contributed by atoms with van der Waals surface area (Å²) in [6.45, 7) is 6.89. The molecule has 1 aromatic heterocycles. The largest absolute Gasteiger partial charge is 0.370 e. The first-order chi connectivity index (χ1) is 8.35. The van der Waals surface area contributed by atoms with Gasteiger partial charge < -0.3 is 19.3 Å². The van der Waals surface area contributed by atoms with Crippen molar-refractivity contribution in [2.45, 2.75) is 32.5 Å². The number of aromatic nitrogens is 2. The van der Waals surface area contributed by atoms with Gasteiger partial charge in [0.1, 0.15) is 12.2 Å². The molecule has 0 spiro atoms. The lowest BCUT2D eigenvalue weighted by Gasteiger charge is -2.20. The molecule has 2 unspecified atom stereocenters. The average molecular weight is 241 g/mol. The minimum atomic E-state index is -0.135. The van der Waals surface area contributed by atoms with Crippen molar-refractivity contribution in [2.75, 3.05) is 26.3 Å². The lowest BCUT2D eigenvalue weighted by atomic mass is 10.2. The maximum Gasteiger partial charge on any atom is 0.257 e. The van der Waals surface area contributed by atoms with Gasteiger partial charge in [-0.05, 0) is 13.3 Å². The predicted octanol–water partition coefficient (Wildman–Crippen LogP) is 1.22. The Labute approximate surface area is 101 Å². The third-order valence-electron chi connectivity index (χ3n) is 2.69. The summed E-state index contributed by atoms with van der Waals surface area (Å²) >= 11 is 0. The first-order valence-corrected chi connectivity index (χ1v) is 6.12. The van der Waals surface area contributed by atoms with Crippen LogP contribution in [-0.2, 0) is 9.47 Å². The normalized spacial score (nSPS) is 22.6. The maximum absolute atomic E-state index is 5.55. The van der Waals surface area contributed by atoms with E-state index in [1.165, 1.54) is 0 Å². The molecule has 1 saturated heterocycles. The second-order valence-electron chi connectivity index (χ2n) is 3.91. The summed E-state index contributed by atoms with van der Waals surface area (Å²) in [5.74, 6) is 1.14. The molecule has 2 heterocycles. The van der Waals surface area contributed by atoms with Crippen molar-refractivity contribution < 1.29 is 14.0 Å². The summed E-state index contributed by atoms with van der Waals surface area (Å²) < 4.78 is 16.3. The molecule has 0 amide bonds. The van der Waals surface area contributed by atoms with Gasteiger partial charge >= 0.3 is 0 Å². The van der Waals surface area contributed by atoms with Crippen molar-refractivity contribution in [1.82, 2.24) is 15.5 Å². The van der Waals surface area contributed by atoms with Crippen molar-refractivity contribution in [3.8, 4) is 0 Å². The van der Waals surface area contributed by atoms with Gasteiger partial charge in [0.25, 0.3) is 5.89 Å². The number of hydrogen-bond acceptors (Lipinski definition) is 6. The van der Waals surface area contributed by atoms with Gasteiger partial charge in [0, 0.05) is 19.7 Å². The van der Waals surface area contributed by atoms with Crippen LogP contribution in [0.3, 0.4) is 0 Å². The maximum atomic E-state index is 5.55. The Balaban J connectivity index is 2.03. The minimum absolute atomic E-state index is 0.0888. The summed E-state index contributed by atoms with van der Waals surface area (Å²) in [6.07, 6.45) is 0.606. The second kappa shape index (κ2) is 6.09. The fourth-order valence-electron chi connectivity index (χ4n) is 1.81. The molecular formula is C11H19N3O3. The van der Waals surface area contributed by atoms with Crippen LogP contribution >= 0.6 is 0 Å². The molecule has 6 heteroatoms. The van der Waals surface area contributed by atoms with E-state index < -0.39 is 0 Å². The Bertz CT molecular complexity index is 317. The molecule has 2 atom stereocenters. The molecule has 6 nitrogen and oxygen atoms in total. The highest BCUT2D eigenvalue weighted by Crippen LogP contribution is 2.22. The van der Waals surface area contributed by atoms with Crippen molar-refractivity contribution in [3.05, 3.63) is 11.7 Å². The summed E-state index contributed by atoms with van der Waals surface area (Å²) in [7, 11) is 0. The topological polar surface area (TPSA) is 69.4 Å². The van der Waals surface area contributed by atoms with Crippen molar-refractivity contribution in [3.63, 3.8) is 0 Å². The zero-order valence-electron chi connectivity index (χ0n) is 10.3. The van der Waals surface area contributed by atoms with E-state index >= 15 is 0 Å². The lowest BCUT2D eigenvalue weighted by molar-refractivity contribution is 0.00754. The van der Waals surface area contributed by atoms with Gasteiger partial charge in [-0.15, -0.1) is 0 Å². The SMILES string of the molecule is CCOC(CC)c1noc(C2CNCCO2)n1. The Morgan fingerprint density at radius 3 is 3.06 bits per heavy atom. The summed E-state index contributed by atoms with van der Waals surface area (Å²) in [6, 6.07) is 0. The van der Waals surface area contributed by atoms with Gasteiger partial charge in [0.15, 0.2) is 0 Å². The van der Waals surface area contributed by atoms with Crippen molar-refractivity contribution in [1.29, 1.82) is 0 Å². The highest BCUT2D eigenvalue weighted by Gasteiger charge is 2.24. The molecule has 0 saturated carbocycles. The quantitative estimate of drug-likeness (QED) is 0.835. The molecule has 17 heavy (non-hydrogen) atoms. The van der Waals surface area contributed by atoms with E-state index in [0.717, 1.165) is 13.0 Å². The molecule has 0 radical (unpaired) electrons. The van der Waals surface area contributed by atoms with Gasteiger partial charge in [0.2, 0.25) is 5.82 Å². The monoisotopic (exact) mass is 241 g/mol. The zero-order valence-corrected chi connectivity index (χ0v) is 10.3. The summed E-state index contributed by atoms with van der Waals surface area (Å²) in [4.78, 5) is 4.36. The number of nitrogens with zero attached hydrogens (tertiary/aromatic N) is 2. The van der Waals surface area contributed by atoms with E-state index in [0.29, 0.717) is 31.5 Å². The number of morpholine rings is 1. The smallest absolute Gasteiger partial charge is 0.257 e. The lowest BCUT2D eigenvalue weighted by Crippen LogP contribution is -2.33. The van der Waals surface area contributed by atoms with Crippen LogP contribution in [0.2, 0.25) is 0 Å². The summed E-state index contributed by atoms with van der Waals surface area (Å²) in [5, 5.41) is 7.19. The Morgan fingerprint density at radius 2 is 2.41 bits per heavy atom. The van der Waals surface area contributed by atoms with Gasteiger partial charge in [-0.1, -0.05) is 12.1 Å². The van der Waals surface area contributed by atoms with Crippen LogP contribution in [0.25, 0.3) is 0 Å².